The lowest BCUT2D eigenvalue weighted by atomic mass is 10.1. The van der Waals surface area contributed by atoms with Crippen LogP contribution in [0.5, 0.6) is 0 Å². The topological polar surface area (TPSA) is 116 Å². The molecule has 19 heavy (non-hydrogen) atoms. The minimum Gasteiger partial charge on any atom is -0.480 e. The number of urea groups is 1. The summed E-state index contributed by atoms with van der Waals surface area (Å²) in [5, 5.41) is 20.2. The number of carbonyl (C=O) groups excluding carboxylic acids is 2. The van der Waals surface area contributed by atoms with Gasteiger partial charge in [0.1, 0.15) is 0 Å². The Bertz CT molecular complexity index is 344. The number of carboxylic acids is 1. The predicted molar refractivity (Wildman–Crippen MR) is 65.4 cm³/mol. The van der Waals surface area contributed by atoms with Gasteiger partial charge in [0.05, 0.1) is 19.1 Å². The zero-order valence-corrected chi connectivity index (χ0v) is 11.4. The Morgan fingerprint density at radius 3 is 2.21 bits per heavy atom. The highest BCUT2D eigenvalue weighted by Crippen LogP contribution is 2.02. The minimum absolute atomic E-state index is 0.0741. The van der Waals surface area contributed by atoms with Gasteiger partial charge in [0.15, 0.2) is 6.04 Å². The first-order chi connectivity index (χ1) is 8.70. The summed E-state index contributed by atoms with van der Waals surface area (Å²) in [5.41, 5.74) is 0. The predicted octanol–water partition coefficient (Wildman–Crippen LogP) is -0.729. The summed E-state index contributed by atoms with van der Waals surface area (Å²) in [6.07, 6.45) is -1.23. The van der Waals surface area contributed by atoms with E-state index in [0.717, 1.165) is 4.90 Å². The molecule has 1 unspecified atom stereocenters. The maximum Gasteiger partial charge on any atom is 0.328 e. The van der Waals surface area contributed by atoms with Gasteiger partial charge in [-0.1, -0.05) is 6.92 Å². The standard InChI is InChI=1S/C11H20N2O6/c1-6(10(17)19-4)5-13(3)11(18)12-8(7(2)14)9(15)16/h6-8,14H,5H2,1-4H3,(H,12,18)(H,15,16)/t6?,7-,8+/m1/s1. The van der Waals surface area contributed by atoms with Crippen LogP contribution < -0.4 is 5.32 Å². The Kier molecular flexibility index (Phi) is 6.84. The van der Waals surface area contributed by atoms with Crippen molar-refractivity contribution < 1.29 is 29.3 Å². The van der Waals surface area contributed by atoms with Gasteiger partial charge in [0.2, 0.25) is 0 Å². The number of aliphatic carboxylic acids is 1. The fourth-order valence-electron chi connectivity index (χ4n) is 1.40. The Morgan fingerprint density at radius 2 is 1.84 bits per heavy atom. The van der Waals surface area contributed by atoms with Crippen molar-refractivity contribution in [3.05, 3.63) is 0 Å². The first-order valence-electron chi connectivity index (χ1n) is 5.71. The second-order valence-electron chi connectivity index (χ2n) is 4.31. The quantitative estimate of drug-likeness (QED) is 0.551. The fourth-order valence-corrected chi connectivity index (χ4v) is 1.40. The number of esters is 1. The van der Waals surface area contributed by atoms with Crippen LogP contribution in [0.2, 0.25) is 0 Å². The molecule has 0 aromatic carbocycles. The van der Waals surface area contributed by atoms with Gasteiger partial charge in [-0.15, -0.1) is 0 Å². The van der Waals surface area contributed by atoms with Crippen molar-refractivity contribution in [3.8, 4) is 0 Å². The number of carbonyl (C=O) groups is 3. The molecule has 0 heterocycles. The van der Waals surface area contributed by atoms with Crippen LogP contribution in [0, 0.1) is 5.92 Å². The number of carboxylic acid groups (broad SMARTS) is 1. The van der Waals surface area contributed by atoms with Gasteiger partial charge in [-0.05, 0) is 6.92 Å². The van der Waals surface area contributed by atoms with E-state index in [1.165, 1.54) is 21.1 Å². The second-order valence-corrected chi connectivity index (χ2v) is 4.31. The van der Waals surface area contributed by atoms with Gasteiger partial charge in [-0.3, -0.25) is 4.79 Å². The molecule has 3 atom stereocenters. The van der Waals surface area contributed by atoms with Crippen LogP contribution in [0.15, 0.2) is 0 Å². The van der Waals surface area contributed by atoms with Crippen molar-refractivity contribution in [2.45, 2.75) is 26.0 Å². The van der Waals surface area contributed by atoms with Crippen LogP contribution in [0.3, 0.4) is 0 Å². The average molecular weight is 276 g/mol. The zero-order chi connectivity index (χ0) is 15.2. The average Bonchev–Trinajstić information content (AvgIpc) is 2.33. The SMILES string of the molecule is COC(=O)C(C)CN(C)C(=O)N[C@H](C(=O)O)[C@@H](C)O. The maximum absolute atomic E-state index is 11.7. The lowest BCUT2D eigenvalue weighted by Crippen LogP contribution is -2.52. The number of nitrogens with zero attached hydrogens (tertiary/aromatic N) is 1. The molecule has 0 radical (unpaired) electrons. The molecule has 110 valence electrons. The first kappa shape index (κ1) is 17.2. The van der Waals surface area contributed by atoms with Crippen molar-refractivity contribution >= 4 is 18.0 Å². The van der Waals surface area contributed by atoms with Crippen LogP contribution in [0.4, 0.5) is 4.79 Å². The summed E-state index contributed by atoms with van der Waals surface area (Å²) in [6, 6.07) is -2.09. The smallest absolute Gasteiger partial charge is 0.328 e. The first-order valence-corrected chi connectivity index (χ1v) is 5.71. The van der Waals surface area contributed by atoms with E-state index in [-0.39, 0.29) is 6.54 Å². The van der Waals surface area contributed by atoms with Crippen LogP contribution in [0.25, 0.3) is 0 Å². The molecule has 0 bridgehead atoms. The van der Waals surface area contributed by atoms with Crippen molar-refractivity contribution in [2.24, 2.45) is 5.92 Å². The van der Waals surface area contributed by atoms with Gasteiger partial charge in [-0.2, -0.15) is 0 Å². The van der Waals surface area contributed by atoms with E-state index >= 15 is 0 Å². The highest BCUT2D eigenvalue weighted by molar-refractivity contribution is 5.83. The fraction of sp³-hybridized carbons (Fsp3) is 0.727. The summed E-state index contributed by atoms with van der Waals surface area (Å²) in [4.78, 5) is 34.9. The van der Waals surface area contributed by atoms with Gasteiger partial charge in [0.25, 0.3) is 0 Å². The molecule has 0 aromatic heterocycles. The van der Waals surface area contributed by atoms with Crippen molar-refractivity contribution in [3.63, 3.8) is 0 Å². The van der Waals surface area contributed by atoms with Crippen molar-refractivity contribution in [1.29, 1.82) is 0 Å². The van der Waals surface area contributed by atoms with E-state index in [0.29, 0.717) is 0 Å². The van der Waals surface area contributed by atoms with E-state index in [9.17, 15) is 19.5 Å². The van der Waals surface area contributed by atoms with Gasteiger partial charge >= 0.3 is 18.0 Å². The molecule has 8 nitrogen and oxygen atoms in total. The molecule has 0 aliphatic heterocycles. The largest absolute Gasteiger partial charge is 0.480 e. The molecular formula is C11H20N2O6. The molecule has 2 amide bonds. The van der Waals surface area contributed by atoms with Crippen LogP contribution in [-0.4, -0.2) is 65.9 Å². The molecule has 0 aromatic rings. The van der Waals surface area contributed by atoms with Crippen LogP contribution in [0.1, 0.15) is 13.8 Å². The third-order valence-corrected chi connectivity index (χ3v) is 2.53. The molecule has 3 N–H and O–H groups in total. The third-order valence-electron chi connectivity index (χ3n) is 2.53. The van der Waals surface area contributed by atoms with E-state index < -0.39 is 36.0 Å². The second kappa shape index (κ2) is 7.57. The Balaban J connectivity index is 4.49. The summed E-state index contributed by atoms with van der Waals surface area (Å²) >= 11 is 0. The van der Waals surface area contributed by atoms with Crippen molar-refractivity contribution in [1.82, 2.24) is 10.2 Å². The number of aliphatic hydroxyl groups excluding tert-OH is 1. The number of rotatable bonds is 6. The molecule has 0 fully saturated rings. The number of nitrogens with one attached hydrogen (secondary N) is 1. The van der Waals surface area contributed by atoms with Crippen molar-refractivity contribution in [2.75, 3.05) is 20.7 Å². The number of aliphatic hydroxyl groups is 1. The Morgan fingerprint density at radius 1 is 1.32 bits per heavy atom. The number of hydrogen-bond acceptors (Lipinski definition) is 5. The summed E-state index contributed by atoms with van der Waals surface area (Å²) in [5.74, 6) is -2.33. The lowest BCUT2D eigenvalue weighted by Gasteiger charge is -2.24. The highest BCUT2D eigenvalue weighted by Gasteiger charge is 2.27. The number of hydrogen-bond donors (Lipinski definition) is 3. The Labute approximate surface area is 111 Å². The number of ether oxygens (including phenoxy) is 1. The molecule has 0 saturated heterocycles. The summed E-state index contributed by atoms with van der Waals surface area (Å²) in [6.45, 7) is 2.92. The van der Waals surface area contributed by atoms with E-state index in [1.807, 2.05) is 0 Å². The van der Waals surface area contributed by atoms with Crippen LogP contribution in [-0.2, 0) is 14.3 Å². The number of amides is 2. The molecule has 0 spiro atoms. The molecule has 0 saturated carbocycles. The normalized spacial score (nSPS) is 15.0. The molecule has 8 heteroatoms. The molecule has 0 aliphatic rings. The highest BCUT2D eigenvalue weighted by atomic mass is 16.5. The van der Waals surface area contributed by atoms with E-state index in [4.69, 9.17) is 5.11 Å². The van der Waals surface area contributed by atoms with Gasteiger partial charge < -0.3 is 25.2 Å². The number of methoxy groups -OCH3 is 1. The maximum atomic E-state index is 11.7. The molecule has 0 aliphatic carbocycles. The van der Waals surface area contributed by atoms with Gasteiger partial charge in [-0.25, -0.2) is 9.59 Å². The van der Waals surface area contributed by atoms with Crippen LogP contribution >= 0.6 is 0 Å². The summed E-state index contributed by atoms with van der Waals surface area (Å²) in [7, 11) is 2.66. The minimum atomic E-state index is -1.40. The summed E-state index contributed by atoms with van der Waals surface area (Å²) < 4.78 is 4.52. The molecule has 0 rings (SSSR count). The third kappa shape index (κ3) is 5.56. The molecular weight excluding hydrogens is 256 g/mol. The Hall–Kier alpha value is -1.83. The zero-order valence-electron chi connectivity index (χ0n) is 11.4. The van der Waals surface area contributed by atoms with E-state index in [2.05, 4.69) is 10.1 Å². The van der Waals surface area contributed by atoms with E-state index in [1.54, 1.807) is 6.92 Å². The lowest BCUT2D eigenvalue weighted by molar-refractivity contribution is -0.145. The monoisotopic (exact) mass is 276 g/mol. The van der Waals surface area contributed by atoms with Gasteiger partial charge in [0, 0.05) is 13.6 Å².